The zero-order chi connectivity index (χ0) is 13.6. The van der Waals surface area contributed by atoms with E-state index in [-0.39, 0.29) is 19.0 Å². The highest BCUT2D eigenvalue weighted by Crippen LogP contribution is 2.32. The number of rotatable bonds is 5. The smallest absolute Gasteiger partial charge is 0.301 e. The molecule has 1 rings (SSSR count). The van der Waals surface area contributed by atoms with Crippen LogP contribution >= 0.6 is 0 Å². The molecule has 6 heteroatoms. The van der Waals surface area contributed by atoms with Crippen molar-refractivity contribution in [1.82, 2.24) is 10.2 Å². The van der Waals surface area contributed by atoms with Gasteiger partial charge in [0.15, 0.2) is 0 Å². The average molecular weight is 263 g/mol. The molecule has 1 fully saturated rings. The van der Waals surface area contributed by atoms with E-state index in [2.05, 4.69) is 11.4 Å². The lowest BCUT2D eigenvalue weighted by Gasteiger charge is -2.34. The summed E-state index contributed by atoms with van der Waals surface area (Å²) in [7, 11) is 0. The van der Waals surface area contributed by atoms with E-state index in [1.165, 1.54) is 0 Å². The van der Waals surface area contributed by atoms with Gasteiger partial charge >= 0.3 is 6.18 Å². The van der Waals surface area contributed by atoms with Gasteiger partial charge < -0.3 is 10.2 Å². The number of nitrogens with zero attached hydrogens (tertiary/aromatic N) is 2. The third kappa shape index (κ3) is 4.83. The fourth-order valence-electron chi connectivity index (χ4n) is 2.22. The summed E-state index contributed by atoms with van der Waals surface area (Å²) in [6, 6.07) is 1.73. The molecule has 18 heavy (non-hydrogen) atoms. The highest BCUT2D eigenvalue weighted by molar-refractivity contribution is 4.93. The summed E-state index contributed by atoms with van der Waals surface area (Å²) in [6.07, 6.45) is -2.45. The third-order valence-corrected chi connectivity index (χ3v) is 3.21. The zero-order valence-electron chi connectivity index (χ0n) is 10.6. The van der Waals surface area contributed by atoms with Crippen LogP contribution in [-0.2, 0) is 0 Å². The molecule has 0 saturated carbocycles. The minimum Gasteiger partial charge on any atom is -0.301 e. The number of likely N-dealkylation sites (tertiary alicyclic amines) is 1. The van der Waals surface area contributed by atoms with Gasteiger partial charge in [-0.3, -0.25) is 0 Å². The monoisotopic (exact) mass is 263 g/mol. The minimum atomic E-state index is -4.11. The Labute approximate surface area is 106 Å². The average Bonchev–Trinajstić information content (AvgIpc) is 2.33. The van der Waals surface area contributed by atoms with Crippen LogP contribution in [0.1, 0.15) is 26.2 Å². The Morgan fingerprint density at radius 3 is 2.78 bits per heavy atom. The van der Waals surface area contributed by atoms with Crippen molar-refractivity contribution in [3.05, 3.63) is 0 Å². The summed E-state index contributed by atoms with van der Waals surface area (Å²) in [4.78, 5) is 1.75. The van der Waals surface area contributed by atoms with Gasteiger partial charge in [0.1, 0.15) is 6.04 Å². The quantitative estimate of drug-likeness (QED) is 0.826. The number of hydrogen-bond acceptors (Lipinski definition) is 3. The molecule has 1 saturated heterocycles. The molecule has 0 aromatic rings. The normalized spacial score (nSPS) is 23.6. The predicted octanol–water partition coefficient (Wildman–Crippen LogP) is 2.15. The maximum Gasteiger partial charge on any atom is 0.393 e. The first-order chi connectivity index (χ1) is 8.47. The molecule has 1 aliphatic rings. The van der Waals surface area contributed by atoms with Gasteiger partial charge in [0.25, 0.3) is 0 Å². The van der Waals surface area contributed by atoms with Crippen molar-refractivity contribution in [2.45, 2.75) is 38.4 Å². The second-order valence-corrected chi connectivity index (χ2v) is 4.78. The molecule has 2 atom stereocenters. The number of halogens is 3. The van der Waals surface area contributed by atoms with Crippen LogP contribution in [0.15, 0.2) is 0 Å². The number of nitriles is 1. The molecular weight excluding hydrogens is 243 g/mol. The van der Waals surface area contributed by atoms with Gasteiger partial charge in [0.05, 0.1) is 12.0 Å². The first-order valence-electron chi connectivity index (χ1n) is 6.39. The van der Waals surface area contributed by atoms with E-state index >= 15 is 0 Å². The topological polar surface area (TPSA) is 39.1 Å². The van der Waals surface area contributed by atoms with Gasteiger partial charge in [-0.25, -0.2) is 0 Å². The van der Waals surface area contributed by atoms with Crippen LogP contribution < -0.4 is 5.32 Å². The Hall–Kier alpha value is -0.800. The molecule has 0 radical (unpaired) electrons. The maximum absolute atomic E-state index is 12.6. The largest absolute Gasteiger partial charge is 0.393 e. The Bertz CT molecular complexity index is 285. The molecule has 104 valence electrons. The van der Waals surface area contributed by atoms with E-state index in [1.807, 2.05) is 6.92 Å². The van der Waals surface area contributed by atoms with E-state index in [1.54, 1.807) is 4.90 Å². The molecule has 1 N–H and O–H groups in total. The molecule has 0 spiro atoms. The van der Waals surface area contributed by atoms with E-state index < -0.39 is 12.1 Å². The number of hydrogen-bond donors (Lipinski definition) is 1. The van der Waals surface area contributed by atoms with Crippen molar-refractivity contribution in [2.75, 3.05) is 26.2 Å². The molecule has 1 heterocycles. The fourth-order valence-corrected chi connectivity index (χ4v) is 2.22. The summed E-state index contributed by atoms with van der Waals surface area (Å²) >= 11 is 0. The lowest BCUT2D eigenvalue weighted by Crippen LogP contribution is -2.47. The van der Waals surface area contributed by atoms with Crippen molar-refractivity contribution >= 4 is 0 Å². The number of piperidine rings is 1. The second-order valence-electron chi connectivity index (χ2n) is 4.78. The van der Waals surface area contributed by atoms with E-state index in [0.29, 0.717) is 19.5 Å². The summed E-state index contributed by atoms with van der Waals surface area (Å²) in [5.74, 6) is -1.24. The van der Waals surface area contributed by atoms with Crippen molar-refractivity contribution in [1.29, 1.82) is 5.26 Å². The van der Waals surface area contributed by atoms with Gasteiger partial charge in [-0.05, 0) is 32.4 Å². The van der Waals surface area contributed by atoms with Crippen LogP contribution in [-0.4, -0.2) is 43.3 Å². The van der Waals surface area contributed by atoms with Crippen molar-refractivity contribution < 1.29 is 13.2 Å². The van der Waals surface area contributed by atoms with Crippen LogP contribution in [0, 0.1) is 17.2 Å². The summed E-state index contributed by atoms with van der Waals surface area (Å²) in [5.41, 5.74) is 0. The fraction of sp³-hybridized carbons (Fsp3) is 0.917. The van der Waals surface area contributed by atoms with Gasteiger partial charge in [-0.1, -0.05) is 6.92 Å². The molecule has 0 aromatic carbocycles. The summed E-state index contributed by atoms with van der Waals surface area (Å²) in [6.45, 7) is 3.76. The van der Waals surface area contributed by atoms with Gasteiger partial charge in [0, 0.05) is 13.1 Å². The zero-order valence-corrected chi connectivity index (χ0v) is 10.6. The molecule has 2 unspecified atom stereocenters. The Balaban J connectivity index is 2.44. The lowest BCUT2D eigenvalue weighted by molar-refractivity contribution is -0.186. The first-order valence-corrected chi connectivity index (χ1v) is 6.39. The standard InChI is InChI=1S/C12H20F3N3/c1-2-5-17-11(7-16)9-18-6-3-4-10(8-18)12(13,14)15/h10-11,17H,2-6,8-9H2,1H3. The summed E-state index contributed by atoms with van der Waals surface area (Å²) in [5, 5.41) is 12.0. The first kappa shape index (κ1) is 15.3. The van der Waals surface area contributed by atoms with Gasteiger partial charge in [0.2, 0.25) is 0 Å². The molecular formula is C12H20F3N3. The Kier molecular flexibility index (Phi) is 5.89. The van der Waals surface area contributed by atoms with Crippen molar-refractivity contribution in [2.24, 2.45) is 5.92 Å². The van der Waals surface area contributed by atoms with Gasteiger partial charge in [-0.2, -0.15) is 18.4 Å². The van der Waals surface area contributed by atoms with Crippen molar-refractivity contribution in [3.63, 3.8) is 0 Å². The highest BCUT2D eigenvalue weighted by atomic mass is 19.4. The highest BCUT2D eigenvalue weighted by Gasteiger charge is 2.41. The molecule has 1 aliphatic heterocycles. The molecule has 0 aliphatic carbocycles. The maximum atomic E-state index is 12.6. The lowest BCUT2D eigenvalue weighted by atomic mass is 9.97. The van der Waals surface area contributed by atoms with Gasteiger partial charge in [-0.15, -0.1) is 0 Å². The van der Waals surface area contributed by atoms with Crippen molar-refractivity contribution in [3.8, 4) is 6.07 Å². The van der Waals surface area contributed by atoms with E-state index in [9.17, 15) is 13.2 Å². The Morgan fingerprint density at radius 1 is 1.50 bits per heavy atom. The molecule has 0 aromatic heterocycles. The van der Waals surface area contributed by atoms with Crippen LogP contribution in [0.2, 0.25) is 0 Å². The number of alkyl halides is 3. The predicted molar refractivity (Wildman–Crippen MR) is 62.9 cm³/mol. The van der Waals surface area contributed by atoms with Crippen LogP contribution in [0.4, 0.5) is 13.2 Å². The number of nitrogens with one attached hydrogen (secondary N) is 1. The third-order valence-electron chi connectivity index (χ3n) is 3.21. The molecule has 0 bridgehead atoms. The minimum absolute atomic E-state index is 0.0233. The van der Waals surface area contributed by atoms with Crippen LogP contribution in [0.5, 0.6) is 0 Å². The van der Waals surface area contributed by atoms with Crippen LogP contribution in [0.25, 0.3) is 0 Å². The molecule has 0 amide bonds. The summed E-state index contributed by atoms with van der Waals surface area (Å²) < 4.78 is 37.9. The molecule has 3 nitrogen and oxygen atoms in total. The van der Waals surface area contributed by atoms with E-state index in [0.717, 1.165) is 13.0 Å². The van der Waals surface area contributed by atoms with Crippen LogP contribution in [0.3, 0.4) is 0 Å². The second kappa shape index (κ2) is 6.95. The Morgan fingerprint density at radius 2 is 2.22 bits per heavy atom. The SMILES string of the molecule is CCCNC(C#N)CN1CCCC(C(F)(F)F)C1. The van der Waals surface area contributed by atoms with E-state index in [4.69, 9.17) is 5.26 Å².